The van der Waals surface area contributed by atoms with Gasteiger partial charge in [0.1, 0.15) is 0 Å². The molecule has 21 heavy (non-hydrogen) atoms. The van der Waals surface area contributed by atoms with Crippen molar-refractivity contribution in [3.8, 4) is 0 Å². The van der Waals surface area contributed by atoms with Gasteiger partial charge in [-0.25, -0.2) is 0 Å². The van der Waals surface area contributed by atoms with Crippen LogP contribution in [0.2, 0.25) is 0 Å². The van der Waals surface area contributed by atoms with Gasteiger partial charge in [-0.3, -0.25) is 4.79 Å². The van der Waals surface area contributed by atoms with E-state index in [4.69, 9.17) is 0 Å². The van der Waals surface area contributed by atoms with Crippen molar-refractivity contribution in [2.45, 2.75) is 25.4 Å². The van der Waals surface area contributed by atoms with Gasteiger partial charge in [0.25, 0.3) is 5.91 Å². The lowest BCUT2D eigenvalue weighted by Crippen LogP contribution is -2.32. The molecular weight excluding hydrogens is 482 g/mol. The fourth-order valence-electron chi connectivity index (χ4n) is 2.20. The number of carbonyl (C=O) groups is 1. The summed E-state index contributed by atoms with van der Waals surface area (Å²) in [7, 11) is 0. The molecule has 0 bridgehead atoms. The SMILES string of the molecule is O=C(c1cc(Br)sc1Br)N(Cc1ccccc1Br)C1CC1. The van der Waals surface area contributed by atoms with E-state index in [9.17, 15) is 4.79 Å². The topological polar surface area (TPSA) is 20.3 Å². The van der Waals surface area contributed by atoms with Crippen molar-refractivity contribution in [2.75, 3.05) is 0 Å². The molecule has 1 aliphatic carbocycles. The van der Waals surface area contributed by atoms with Gasteiger partial charge in [0, 0.05) is 17.1 Å². The summed E-state index contributed by atoms with van der Waals surface area (Å²) in [6.45, 7) is 0.644. The number of hydrogen-bond donors (Lipinski definition) is 0. The first-order valence-electron chi connectivity index (χ1n) is 6.55. The van der Waals surface area contributed by atoms with Gasteiger partial charge in [-0.05, 0) is 62.4 Å². The number of thiophene rings is 1. The molecule has 0 N–H and O–H groups in total. The van der Waals surface area contributed by atoms with Gasteiger partial charge in [-0.1, -0.05) is 34.1 Å². The van der Waals surface area contributed by atoms with Gasteiger partial charge < -0.3 is 4.90 Å². The molecule has 2 nitrogen and oxygen atoms in total. The van der Waals surface area contributed by atoms with Gasteiger partial charge in [-0.15, -0.1) is 11.3 Å². The maximum atomic E-state index is 12.8. The van der Waals surface area contributed by atoms with E-state index in [2.05, 4.69) is 53.9 Å². The number of nitrogens with zero attached hydrogens (tertiary/aromatic N) is 1. The molecule has 1 aliphatic rings. The van der Waals surface area contributed by atoms with Crippen molar-refractivity contribution >= 4 is 65.0 Å². The highest BCUT2D eigenvalue weighted by Crippen LogP contribution is 2.36. The minimum Gasteiger partial charge on any atom is -0.331 e. The molecule has 1 fully saturated rings. The zero-order valence-corrected chi connectivity index (χ0v) is 16.6. The Morgan fingerprint density at radius 2 is 1.95 bits per heavy atom. The lowest BCUT2D eigenvalue weighted by atomic mass is 10.2. The molecule has 1 aromatic carbocycles. The van der Waals surface area contributed by atoms with E-state index in [1.807, 2.05) is 29.2 Å². The maximum Gasteiger partial charge on any atom is 0.256 e. The van der Waals surface area contributed by atoms with E-state index < -0.39 is 0 Å². The summed E-state index contributed by atoms with van der Waals surface area (Å²) in [6, 6.07) is 10.3. The van der Waals surface area contributed by atoms with Crippen molar-refractivity contribution in [3.05, 3.63) is 53.5 Å². The molecule has 3 rings (SSSR count). The molecular formula is C15H12Br3NOS. The average Bonchev–Trinajstić information content (AvgIpc) is 3.22. The van der Waals surface area contributed by atoms with Gasteiger partial charge in [-0.2, -0.15) is 0 Å². The molecule has 6 heteroatoms. The van der Waals surface area contributed by atoms with Crippen LogP contribution in [0.25, 0.3) is 0 Å². The van der Waals surface area contributed by atoms with Crippen LogP contribution in [0, 0.1) is 0 Å². The molecule has 1 saturated carbocycles. The van der Waals surface area contributed by atoms with E-state index in [0.29, 0.717) is 12.6 Å². The second-order valence-electron chi connectivity index (χ2n) is 4.99. The van der Waals surface area contributed by atoms with E-state index >= 15 is 0 Å². The van der Waals surface area contributed by atoms with Crippen LogP contribution in [0.1, 0.15) is 28.8 Å². The molecule has 1 amide bonds. The van der Waals surface area contributed by atoms with Crippen LogP contribution in [0.3, 0.4) is 0 Å². The first-order chi connectivity index (χ1) is 10.1. The second kappa shape index (κ2) is 6.52. The highest BCUT2D eigenvalue weighted by atomic mass is 79.9. The summed E-state index contributed by atoms with van der Waals surface area (Å²) in [4.78, 5) is 14.8. The van der Waals surface area contributed by atoms with Crippen LogP contribution in [-0.2, 0) is 6.54 Å². The third kappa shape index (κ3) is 3.60. The minimum atomic E-state index is 0.0991. The molecule has 0 saturated heterocycles. The first-order valence-corrected chi connectivity index (χ1v) is 9.75. The molecule has 2 aromatic rings. The Balaban J connectivity index is 1.87. The number of carbonyl (C=O) groups excluding carboxylic acids is 1. The predicted octanol–water partition coefficient (Wildman–Crippen LogP) is 5.84. The highest BCUT2D eigenvalue weighted by Gasteiger charge is 2.34. The van der Waals surface area contributed by atoms with Gasteiger partial charge in [0.05, 0.1) is 13.1 Å². The summed E-state index contributed by atoms with van der Waals surface area (Å²) in [5, 5.41) is 0. The molecule has 1 aromatic heterocycles. The number of hydrogen-bond acceptors (Lipinski definition) is 2. The van der Waals surface area contributed by atoms with Gasteiger partial charge in [0.2, 0.25) is 0 Å². The van der Waals surface area contributed by atoms with Crippen LogP contribution < -0.4 is 0 Å². The Hall–Kier alpha value is -0.170. The van der Waals surface area contributed by atoms with Crippen LogP contribution in [0.15, 0.2) is 42.4 Å². The Labute approximate surface area is 152 Å². The zero-order chi connectivity index (χ0) is 15.0. The average molecular weight is 494 g/mol. The minimum absolute atomic E-state index is 0.0991. The molecule has 0 spiro atoms. The van der Waals surface area contributed by atoms with Crippen LogP contribution in [-0.4, -0.2) is 16.8 Å². The standard InChI is InChI=1S/C15H12Br3NOS/c16-12-4-2-1-3-9(12)8-19(10-5-6-10)15(20)11-7-13(17)21-14(11)18/h1-4,7,10H,5-6,8H2. The monoisotopic (exact) mass is 491 g/mol. The molecule has 0 atom stereocenters. The van der Waals surface area contributed by atoms with E-state index in [1.54, 1.807) is 0 Å². The molecule has 0 radical (unpaired) electrons. The van der Waals surface area contributed by atoms with Crippen molar-refractivity contribution in [1.82, 2.24) is 4.90 Å². The maximum absolute atomic E-state index is 12.8. The lowest BCUT2D eigenvalue weighted by Gasteiger charge is -2.23. The van der Waals surface area contributed by atoms with Crippen molar-refractivity contribution in [1.29, 1.82) is 0 Å². The Bertz CT molecular complexity index is 681. The number of amides is 1. The third-order valence-corrected chi connectivity index (χ3v) is 6.55. The summed E-state index contributed by atoms with van der Waals surface area (Å²) >= 11 is 12.0. The van der Waals surface area contributed by atoms with Crippen LogP contribution in [0.5, 0.6) is 0 Å². The number of rotatable bonds is 4. The van der Waals surface area contributed by atoms with E-state index in [-0.39, 0.29) is 5.91 Å². The summed E-state index contributed by atoms with van der Waals surface area (Å²) in [6.07, 6.45) is 2.19. The zero-order valence-electron chi connectivity index (χ0n) is 11.0. The Kier molecular flexibility index (Phi) is 4.88. The largest absolute Gasteiger partial charge is 0.331 e. The summed E-state index contributed by atoms with van der Waals surface area (Å²) < 4.78 is 2.90. The summed E-state index contributed by atoms with van der Waals surface area (Å²) in [5.74, 6) is 0.0991. The molecule has 1 heterocycles. The van der Waals surface area contributed by atoms with Crippen molar-refractivity contribution in [3.63, 3.8) is 0 Å². The second-order valence-corrected chi connectivity index (χ2v) is 9.60. The molecule has 0 unspecified atom stereocenters. The fraction of sp³-hybridized carbons (Fsp3) is 0.267. The smallest absolute Gasteiger partial charge is 0.256 e. The van der Waals surface area contributed by atoms with Crippen LogP contribution in [0.4, 0.5) is 0 Å². The number of halogens is 3. The van der Waals surface area contributed by atoms with E-state index in [0.717, 1.165) is 36.0 Å². The Morgan fingerprint density at radius 1 is 1.24 bits per heavy atom. The van der Waals surface area contributed by atoms with Crippen molar-refractivity contribution in [2.24, 2.45) is 0 Å². The normalized spacial score (nSPS) is 14.2. The van der Waals surface area contributed by atoms with E-state index in [1.165, 1.54) is 11.3 Å². The third-order valence-electron chi connectivity index (χ3n) is 3.43. The molecule has 110 valence electrons. The van der Waals surface area contributed by atoms with Crippen molar-refractivity contribution < 1.29 is 4.79 Å². The summed E-state index contributed by atoms with van der Waals surface area (Å²) in [5.41, 5.74) is 1.88. The quantitative estimate of drug-likeness (QED) is 0.524. The fourth-order valence-corrected chi connectivity index (χ4v) is 5.39. The molecule has 0 aliphatic heterocycles. The first kappa shape index (κ1) is 15.7. The van der Waals surface area contributed by atoms with Crippen LogP contribution >= 0.6 is 59.1 Å². The van der Waals surface area contributed by atoms with Gasteiger partial charge >= 0.3 is 0 Å². The predicted molar refractivity (Wildman–Crippen MR) is 96.8 cm³/mol. The highest BCUT2D eigenvalue weighted by molar-refractivity contribution is 9.12. The van der Waals surface area contributed by atoms with Gasteiger partial charge in [0.15, 0.2) is 0 Å². The number of benzene rings is 1. The Morgan fingerprint density at radius 3 is 2.52 bits per heavy atom. The lowest BCUT2D eigenvalue weighted by molar-refractivity contribution is 0.0729.